The van der Waals surface area contributed by atoms with Crippen LogP contribution in [-0.4, -0.2) is 15.7 Å². The van der Waals surface area contributed by atoms with E-state index in [1.165, 1.54) is 0 Å². The van der Waals surface area contributed by atoms with Crippen molar-refractivity contribution in [2.45, 2.75) is 33.0 Å². The molecule has 2 aromatic heterocycles. The summed E-state index contributed by atoms with van der Waals surface area (Å²) < 4.78 is 8.68. The van der Waals surface area contributed by atoms with E-state index in [4.69, 9.17) is 4.42 Å². The van der Waals surface area contributed by atoms with Gasteiger partial charge in [-0.25, -0.2) is 4.79 Å². The average molecular weight is 249 g/mol. The summed E-state index contributed by atoms with van der Waals surface area (Å²) in [6.45, 7) is 4.96. The smallest absolute Gasteiger partial charge is 0.328 e. The second kappa shape index (κ2) is 6.26. The Morgan fingerprint density at radius 1 is 1.28 bits per heavy atom. The third-order valence-corrected chi connectivity index (χ3v) is 2.79. The number of furan rings is 1. The fourth-order valence-corrected chi connectivity index (χ4v) is 1.86. The number of aromatic nitrogens is 2. The van der Waals surface area contributed by atoms with Gasteiger partial charge in [0.15, 0.2) is 0 Å². The summed E-state index contributed by atoms with van der Waals surface area (Å²) >= 11 is 0. The van der Waals surface area contributed by atoms with Crippen LogP contribution >= 0.6 is 0 Å². The standard InChI is InChI=1S/C13H19N3O2/c1-2-6-15-8-9-16(13(15)17)7-5-14-11-12-4-3-10-18-12/h3-4,8-10,14H,2,5-7,11H2,1H3. The van der Waals surface area contributed by atoms with E-state index in [-0.39, 0.29) is 5.69 Å². The Labute approximate surface area is 106 Å². The molecule has 0 aromatic carbocycles. The Kier molecular flexibility index (Phi) is 4.41. The summed E-state index contributed by atoms with van der Waals surface area (Å²) in [5.41, 5.74) is 0.0663. The molecule has 2 rings (SSSR count). The van der Waals surface area contributed by atoms with E-state index in [0.29, 0.717) is 13.1 Å². The van der Waals surface area contributed by atoms with Crippen molar-refractivity contribution in [1.29, 1.82) is 0 Å². The Balaban J connectivity index is 1.78. The Bertz CT molecular complexity index is 511. The van der Waals surface area contributed by atoms with E-state index in [9.17, 15) is 4.79 Å². The van der Waals surface area contributed by atoms with Crippen LogP contribution in [0.1, 0.15) is 19.1 Å². The van der Waals surface area contributed by atoms with Crippen molar-refractivity contribution in [3.05, 3.63) is 47.0 Å². The number of hydrogen-bond donors (Lipinski definition) is 1. The van der Waals surface area contributed by atoms with Crippen LogP contribution in [0.5, 0.6) is 0 Å². The van der Waals surface area contributed by atoms with Gasteiger partial charge in [-0.1, -0.05) is 6.92 Å². The monoisotopic (exact) mass is 249 g/mol. The van der Waals surface area contributed by atoms with Crippen LogP contribution < -0.4 is 11.0 Å². The lowest BCUT2D eigenvalue weighted by Gasteiger charge is -2.03. The molecule has 98 valence electrons. The quantitative estimate of drug-likeness (QED) is 0.755. The molecule has 2 heterocycles. The maximum Gasteiger partial charge on any atom is 0.328 e. The summed E-state index contributed by atoms with van der Waals surface area (Å²) in [5.74, 6) is 0.908. The van der Waals surface area contributed by atoms with Gasteiger partial charge in [0.05, 0.1) is 12.8 Å². The highest BCUT2D eigenvalue weighted by Crippen LogP contribution is 1.98. The van der Waals surface area contributed by atoms with Crippen molar-refractivity contribution in [2.75, 3.05) is 6.54 Å². The normalized spacial score (nSPS) is 10.9. The van der Waals surface area contributed by atoms with E-state index < -0.39 is 0 Å². The van der Waals surface area contributed by atoms with Crippen LogP contribution in [0.25, 0.3) is 0 Å². The maximum atomic E-state index is 11.9. The summed E-state index contributed by atoms with van der Waals surface area (Å²) in [7, 11) is 0. The van der Waals surface area contributed by atoms with Gasteiger partial charge in [0.2, 0.25) is 0 Å². The van der Waals surface area contributed by atoms with Gasteiger partial charge in [0, 0.05) is 32.0 Å². The first-order valence-electron chi connectivity index (χ1n) is 6.30. The number of nitrogens with one attached hydrogen (secondary N) is 1. The number of aryl methyl sites for hydroxylation is 1. The van der Waals surface area contributed by atoms with Gasteiger partial charge in [-0.3, -0.25) is 9.13 Å². The van der Waals surface area contributed by atoms with Gasteiger partial charge in [-0.05, 0) is 18.6 Å². The summed E-state index contributed by atoms with van der Waals surface area (Å²) in [6.07, 6.45) is 6.32. The molecule has 0 aliphatic rings. The van der Waals surface area contributed by atoms with Gasteiger partial charge in [-0.2, -0.15) is 0 Å². The van der Waals surface area contributed by atoms with Crippen molar-refractivity contribution < 1.29 is 4.42 Å². The van der Waals surface area contributed by atoms with Crippen molar-refractivity contribution in [3.8, 4) is 0 Å². The largest absolute Gasteiger partial charge is 0.468 e. The highest BCUT2D eigenvalue weighted by atomic mass is 16.3. The zero-order chi connectivity index (χ0) is 12.8. The molecular weight excluding hydrogens is 230 g/mol. The fraction of sp³-hybridized carbons (Fsp3) is 0.462. The molecule has 1 N–H and O–H groups in total. The summed E-state index contributed by atoms with van der Waals surface area (Å²) in [5, 5.41) is 3.24. The van der Waals surface area contributed by atoms with Crippen LogP contribution in [-0.2, 0) is 19.6 Å². The SMILES string of the molecule is CCCn1ccn(CCNCc2ccco2)c1=O. The van der Waals surface area contributed by atoms with Crippen LogP contribution in [0, 0.1) is 0 Å². The highest BCUT2D eigenvalue weighted by molar-refractivity contribution is 4.97. The number of hydrogen-bond acceptors (Lipinski definition) is 3. The fourth-order valence-electron chi connectivity index (χ4n) is 1.86. The van der Waals surface area contributed by atoms with E-state index >= 15 is 0 Å². The first-order valence-corrected chi connectivity index (χ1v) is 6.30. The molecule has 0 atom stereocenters. The van der Waals surface area contributed by atoms with Gasteiger partial charge in [0.25, 0.3) is 0 Å². The molecular formula is C13H19N3O2. The number of nitrogens with zero attached hydrogens (tertiary/aromatic N) is 2. The van der Waals surface area contributed by atoms with Crippen molar-refractivity contribution in [2.24, 2.45) is 0 Å². The van der Waals surface area contributed by atoms with Gasteiger partial charge in [-0.15, -0.1) is 0 Å². The zero-order valence-corrected chi connectivity index (χ0v) is 10.6. The molecule has 0 aliphatic carbocycles. The Morgan fingerprint density at radius 2 is 2.06 bits per heavy atom. The van der Waals surface area contributed by atoms with Crippen molar-refractivity contribution in [1.82, 2.24) is 14.5 Å². The lowest BCUT2D eigenvalue weighted by atomic mass is 10.4. The van der Waals surface area contributed by atoms with Crippen LogP contribution in [0.2, 0.25) is 0 Å². The number of rotatable bonds is 7. The van der Waals surface area contributed by atoms with Crippen molar-refractivity contribution in [3.63, 3.8) is 0 Å². The highest BCUT2D eigenvalue weighted by Gasteiger charge is 2.01. The van der Waals surface area contributed by atoms with E-state index in [1.54, 1.807) is 15.4 Å². The minimum absolute atomic E-state index is 0.0663. The second-order valence-corrected chi connectivity index (χ2v) is 4.22. The topological polar surface area (TPSA) is 52.1 Å². The Morgan fingerprint density at radius 3 is 2.72 bits per heavy atom. The molecule has 0 fully saturated rings. The molecule has 0 unspecified atom stereocenters. The first kappa shape index (κ1) is 12.7. The molecule has 0 amide bonds. The van der Waals surface area contributed by atoms with E-state index in [0.717, 1.165) is 25.3 Å². The van der Waals surface area contributed by atoms with Gasteiger partial charge < -0.3 is 9.73 Å². The molecule has 0 saturated heterocycles. The van der Waals surface area contributed by atoms with E-state index in [1.807, 2.05) is 24.5 Å². The summed E-state index contributed by atoms with van der Waals surface area (Å²) in [4.78, 5) is 11.9. The second-order valence-electron chi connectivity index (χ2n) is 4.22. The van der Waals surface area contributed by atoms with Crippen LogP contribution in [0.15, 0.2) is 40.0 Å². The van der Waals surface area contributed by atoms with Crippen molar-refractivity contribution >= 4 is 0 Å². The molecule has 0 bridgehead atoms. The van der Waals surface area contributed by atoms with Gasteiger partial charge >= 0.3 is 5.69 Å². The lowest BCUT2D eigenvalue weighted by Crippen LogP contribution is -2.28. The molecule has 0 aliphatic heterocycles. The molecule has 2 aromatic rings. The Hall–Kier alpha value is -1.75. The third kappa shape index (κ3) is 3.13. The number of imidazole rings is 1. The minimum atomic E-state index is 0.0663. The summed E-state index contributed by atoms with van der Waals surface area (Å²) in [6, 6.07) is 3.79. The third-order valence-electron chi connectivity index (χ3n) is 2.79. The van der Waals surface area contributed by atoms with E-state index in [2.05, 4.69) is 12.2 Å². The predicted octanol–water partition coefficient (Wildman–Crippen LogP) is 1.44. The molecule has 18 heavy (non-hydrogen) atoms. The maximum absolute atomic E-state index is 11.9. The molecule has 5 heteroatoms. The first-order chi connectivity index (χ1) is 8.81. The predicted molar refractivity (Wildman–Crippen MR) is 69.4 cm³/mol. The van der Waals surface area contributed by atoms with Gasteiger partial charge in [0.1, 0.15) is 5.76 Å². The molecule has 5 nitrogen and oxygen atoms in total. The molecule has 0 radical (unpaired) electrons. The van der Waals surface area contributed by atoms with Crippen LogP contribution in [0.4, 0.5) is 0 Å². The lowest BCUT2D eigenvalue weighted by molar-refractivity contribution is 0.473. The zero-order valence-electron chi connectivity index (χ0n) is 10.6. The molecule has 0 spiro atoms. The minimum Gasteiger partial charge on any atom is -0.468 e. The molecule has 0 saturated carbocycles. The van der Waals surface area contributed by atoms with Crippen LogP contribution in [0.3, 0.4) is 0 Å². The average Bonchev–Trinajstić information content (AvgIpc) is 2.98.